The van der Waals surface area contributed by atoms with Crippen molar-refractivity contribution in [3.63, 3.8) is 0 Å². The Bertz CT molecular complexity index is 87.7. The van der Waals surface area contributed by atoms with Gasteiger partial charge in [-0.05, 0) is 13.8 Å². The summed E-state index contributed by atoms with van der Waals surface area (Å²) in [5.74, 6) is 0. The van der Waals surface area contributed by atoms with Gasteiger partial charge in [0.15, 0.2) is 0 Å². The van der Waals surface area contributed by atoms with E-state index in [-0.39, 0.29) is 63.6 Å². The van der Waals surface area contributed by atoms with Crippen molar-refractivity contribution in [1.82, 2.24) is 4.90 Å². The predicted molar refractivity (Wildman–Crippen MR) is 63.0 cm³/mol. The van der Waals surface area contributed by atoms with Crippen LogP contribution >= 0.6 is 24.8 Å². The van der Waals surface area contributed by atoms with E-state index in [4.69, 9.17) is 12.2 Å². The Labute approximate surface area is 122 Å². The molecule has 0 spiro atoms. The van der Waals surface area contributed by atoms with Crippen molar-refractivity contribution in [2.24, 2.45) is 0 Å². The van der Waals surface area contributed by atoms with Crippen molar-refractivity contribution < 1.29 is 0 Å². The third-order valence-electron chi connectivity index (χ3n) is 1.03. The van der Waals surface area contributed by atoms with Crippen molar-refractivity contribution in [2.75, 3.05) is 13.1 Å². The molecule has 0 radical (unpaired) electrons. The van der Waals surface area contributed by atoms with Crippen LogP contribution in [0, 0.1) is 0 Å². The van der Waals surface area contributed by atoms with Gasteiger partial charge in [-0.25, -0.2) is 0 Å². The molecule has 0 N–H and O–H groups in total. The molecular weight excluding hydrogens is 293 g/mol. The molecule has 0 rings (SSSR count). The van der Waals surface area contributed by atoms with Gasteiger partial charge in [-0.1, -0.05) is 12.2 Å². The summed E-state index contributed by atoms with van der Waals surface area (Å²) in [5, 5.41) is 0. The van der Waals surface area contributed by atoms with Gasteiger partial charge in [0.05, 0.1) is 0 Å². The Hall–Kier alpha value is 2.37. The van der Waals surface area contributed by atoms with Gasteiger partial charge in [0.2, 0.25) is 0 Å². The van der Waals surface area contributed by atoms with E-state index >= 15 is 0 Å². The summed E-state index contributed by atoms with van der Waals surface area (Å²) in [6, 6.07) is 0. The molecule has 0 aliphatic rings. The van der Waals surface area contributed by atoms with E-state index in [1.54, 1.807) is 0 Å². The molecule has 0 aromatic rings. The molecule has 0 saturated heterocycles. The van der Waals surface area contributed by atoms with Crippen LogP contribution in [-0.2, 0) is 0 Å². The molecule has 0 saturated carbocycles. The quantitative estimate of drug-likeness (QED) is 0.414. The van der Waals surface area contributed by atoms with E-state index in [1.165, 1.54) is 0 Å². The molecule has 5 heteroatoms. The second-order valence-corrected chi connectivity index (χ2v) is 2.57. The maximum atomic E-state index is 4.81. The van der Waals surface area contributed by atoms with Crippen molar-refractivity contribution in [3.8, 4) is 0 Å². The van der Waals surface area contributed by atoms with Crippen LogP contribution in [-0.4, -0.2) is 85.9 Å². The second-order valence-electron chi connectivity index (χ2n) is 1.45. The summed E-state index contributed by atoms with van der Waals surface area (Å²) in [5.41, 5.74) is 0. The monoisotopic (exact) mass is 309 g/mol. The molecule has 58 valence electrons. The van der Waals surface area contributed by atoms with Crippen LogP contribution in [0.3, 0.4) is 0 Å². The third kappa shape index (κ3) is 8.47. The first-order chi connectivity index (χ1) is 3.72. The third-order valence-corrected chi connectivity index (χ3v) is 1.58. The average Bonchev–Trinajstić information content (AvgIpc) is 1.69. The number of thiocarbonyl (C=S) groups is 1. The number of thiol groups is 1. The van der Waals surface area contributed by atoms with Gasteiger partial charge in [0.25, 0.3) is 0 Å². The molecule has 0 aliphatic heterocycles. The van der Waals surface area contributed by atoms with Gasteiger partial charge in [0, 0.05) is 13.1 Å². The number of rotatable bonds is 2. The minimum atomic E-state index is 0. The molecule has 0 amide bonds. The Morgan fingerprint density at radius 1 is 1.40 bits per heavy atom. The fourth-order valence-corrected chi connectivity index (χ4v) is 1.04. The van der Waals surface area contributed by atoms with Crippen LogP contribution in [0.15, 0.2) is 0 Å². The SMILES string of the molecule is CCN(CC)C(=S)S.[CaH2].[InH3]. The molecule has 0 heterocycles. The van der Waals surface area contributed by atoms with Gasteiger partial charge < -0.3 is 4.90 Å². The number of hydrogen-bond acceptors (Lipinski definition) is 1. The summed E-state index contributed by atoms with van der Waals surface area (Å²) in [6.07, 6.45) is 0. The normalized spacial score (nSPS) is 7.10. The maximum absolute atomic E-state index is 4.81. The van der Waals surface area contributed by atoms with Crippen LogP contribution in [0.5, 0.6) is 0 Å². The van der Waals surface area contributed by atoms with Crippen LogP contribution in [0.1, 0.15) is 13.8 Å². The summed E-state index contributed by atoms with van der Waals surface area (Å²) < 4.78 is 0.690. The Morgan fingerprint density at radius 3 is 1.70 bits per heavy atom. The molecule has 0 atom stereocenters. The van der Waals surface area contributed by atoms with Gasteiger partial charge in [0.1, 0.15) is 4.32 Å². The summed E-state index contributed by atoms with van der Waals surface area (Å²) >= 11 is 8.82. The van der Waals surface area contributed by atoms with E-state index in [0.29, 0.717) is 4.32 Å². The Balaban J connectivity index is -0.000000245. The van der Waals surface area contributed by atoms with Gasteiger partial charge in [-0.3, -0.25) is 0 Å². The molecule has 0 bridgehead atoms. The Morgan fingerprint density at radius 2 is 1.70 bits per heavy atom. The summed E-state index contributed by atoms with van der Waals surface area (Å²) in [7, 11) is 0. The molecule has 0 aromatic heterocycles. The van der Waals surface area contributed by atoms with Gasteiger partial charge in [-0.2, -0.15) is 0 Å². The molecular formula is C5H16CaInNS2. The zero-order valence-corrected chi connectivity index (χ0v) is 6.93. The van der Waals surface area contributed by atoms with Crippen molar-refractivity contribution in [1.29, 1.82) is 0 Å². The number of hydrogen-bond donors (Lipinski definition) is 1. The minimum absolute atomic E-state index is 0. The first kappa shape index (κ1) is 18.2. The molecule has 0 aromatic carbocycles. The van der Waals surface area contributed by atoms with Crippen LogP contribution in [0.4, 0.5) is 0 Å². The zero-order valence-electron chi connectivity index (χ0n) is 5.22. The van der Waals surface area contributed by atoms with Crippen molar-refractivity contribution in [3.05, 3.63) is 0 Å². The molecule has 0 unspecified atom stereocenters. The standard InChI is InChI=1S/C5H11NS2.Ca.In.5H/c1-3-6(4-2)5(7)8;;;;;;;/h3-4H2,1-2H3,(H,7,8);;;;;;;. The molecule has 0 fully saturated rings. The van der Waals surface area contributed by atoms with Crippen molar-refractivity contribution >= 4 is 92.7 Å². The topological polar surface area (TPSA) is 3.24 Å². The second kappa shape index (κ2) is 11.4. The Kier molecular flexibility index (Phi) is 20.7. The summed E-state index contributed by atoms with van der Waals surface area (Å²) in [6.45, 7) is 6.04. The predicted octanol–water partition coefficient (Wildman–Crippen LogP) is -0.557. The van der Waals surface area contributed by atoms with Gasteiger partial charge >= 0.3 is 63.6 Å². The zero-order chi connectivity index (χ0) is 6.57. The van der Waals surface area contributed by atoms with Crippen LogP contribution in [0.2, 0.25) is 0 Å². The first-order valence-corrected chi connectivity index (χ1v) is 3.55. The van der Waals surface area contributed by atoms with E-state index in [1.807, 2.05) is 4.90 Å². The molecule has 10 heavy (non-hydrogen) atoms. The average molecular weight is 309 g/mol. The number of nitrogens with zero attached hydrogens (tertiary/aromatic N) is 1. The van der Waals surface area contributed by atoms with E-state index in [9.17, 15) is 0 Å². The van der Waals surface area contributed by atoms with Gasteiger partial charge in [-0.15, -0.1) is 12.6 Å². The van der Waals surface area contributed by atoms with Crippen molar-refractivity contribution in [2.45, 2.75) is 13.8 Å². The summed E-state index contributed by atoms with van der Waals surface area (Å²) in [4.78, 5) is 2.01. The molecule has 1 nitrogen and oxygen atoms in total. The molecule has 0 aliphatic carbocycles. The van der Waals surface area contributed by atoms with E-state index in [2.05, 4.69) is 26.5 Å². The fraction of sp³-hybridized carbons (Fsp3) is 0.800. The van der Waals surface area contributed by atoms with E-state index in [0.717, 1.165) is 13.1 Å². The van der Waals surface area contributed by atoms with E-state index < -0.39 is 0 Å². The van der Waals surface area contributed by atoms with Crippen LogP contribution in [0.25, 0.3) is 0 Å². The van der Waals surface area contributed by atoms with Crippen LogP contribution < -0.4 is 0 Å². The fourth-order valence-electron chi connectivity index (χ4n) is 0.494. The first-order valence-electron chi connectivity index (χ1n) is 2.70.